The third-order valence-electron chi connectivity index (χ3n) is 4.29. The molecule has 1 heterocycles. The average Bonchev–Trinajstić information content (AvgIpc) is 3.14. The Morgan fingerprint density at radius 2 is 2.03 bits per heavy atom. The molecule has 0 unspecified atom stereocenters. The maximum absolute atomic E-state index is 5.45. The fraction of sp³-hybridized carbons (Fsp3) is 0.571. The predicted octanol–water partition coefficient (Wildman–Crippen LogP) is 3.86. The Morgan fingerprint density at radius 3 is 2.69 bits per heavy atom. The lowest BCUT2D eigenvalue weighted by Crippen LogP contribution is -2.38. The topological polar surface area (TPSA) is 84.6 Å². The highest BCUT2D eigenvalue weighted by Crippen LogP contribution is 2.19. The fourth-order valence-corrected chi connectivity index (χ4v) is 2.79. The molecule has 0 bridgehead atoms. The molecule has 2 aromatic rings. The molecular formula is C21H34IN5O2. The van der Waals surface area contributed by atoms with Crippen LogP contribution in [0.1, 0.15) is 56.0 Å². The van der Waals surface area contributed by atoms with Crippen LogP contribution in [0.15, 0.2) is 27.7 Å². The summed E-state index contributed by atoms with van der Waals surface area (Å²) in [6.07, 6.45) is 2.47. The van der Waals surface area contributed by atoms with Crippen molar-refractivity contribution in [2.75, 3.05) is 26.7 Å². The summed E-state index contributed by atoms with van der Waals surface area (Å²) in [7, 11) is 1.71. The predicted molar refractivity (Wildman–Crippen MR) is 128 cm³/mol. The highest BCUT2D eigenvalue weighted by atomic mass is 127. The van der Waals surface area contributed by atoms with Crippen molar-refractivity contribution in [2.45, 2.75) is 52.9 Å². The van der Waals surface area contributed by atoms with Crippen molar-refractivity contribution in [1.29, 1.82) is 0 Å². The van der Waals surface area contributed by atoms with Crippen molar-refractivity contribution < 1.29 is 9.26 Å². The Hall–Kier alpha value is -1.84. The summed E-state index contributed by atoms with van der Waals surface area (Å²) in [4.78, 5) is 9.04. The first-order chi connectivity index (χ1) is 13.5. The summed E-state index contributed by atoms with van der Waals surface area (Å²) in [5.74, 6) is 3.48. The molecule has 0 aliphatic rings. The van der Waals surface area contributed by atoms with Gasteiger partial charge < -0.3 is 19.9 Å². The Kier molecular flexibility index (Phi) is 11.6. The van der Waals surface area contributed by atoms with Crippen LogP contribution in [0.25, 0.3) is 0 Å². The minimum absolute atomic E-state index is 0. The Balaban J connectivity index is 0.00000420. The Bertz CT molecular complexity index is 761. The summed E-state index contributed by atoms with van der Waals surface area (Å²) >= 11 is 0. The van der Waals surface area contributed by atoms with E-state index in [9.17, 15) is 0 Å². The van der Waals surface area contributed by atoms with Crippen molar-refractivity contribution in [3.8, 4) is 5.75 Å². The molecule has 0 spiro atoms. The lowest BCUT2D eigenvalue weighted by atomic mass is 10.1. The van der Waals surface area contributed by atoms with E-state index >= 15 is 0 Å². The Morgan fingerprint density at radius 1 is 1.24 bits per heavy atom. The number of hydrogen-bond donors (Lipinski definition) is 2. The second-order valence-electron chi connectivity index (χ2n) is 7.06. The maximum Gasteiger partial charge on any atom is 0.226 e. The first kappa shape index (κ1) is 25.2. The molecular weight excluding hydrogens is 481 g/mol. The molecule has 2 rings (SSSR count). The van der Waals surface area contributed by atoms with Crippen molar-refractivity contribution in [2.24, 2.45) is 4.99 Å². The van der Waals surface area contributed by atoms with E-state index in [0.717, 1.165) is 49.9 Å². The van der Waals surface area contributed by atoms with Gasteiger partial charge in [-0.3, -0.25) is 4.99 Å². The van der Waals surface area contributed by atoms with Crippen molar-refractivity contribution in [3.63, 3.8) is 0 Å². The number of aryl methyl sites for hydroxylation is 2. The van der Waals surface area contributed by atoms with Gasteiger partial charge >= 0.3 is 0 Å². The zero-order valence-corrected chi connectivity index (χ0v) is 20.4. The third kappa shape index (κ3) is 8.59. The van der Waals surface area contributed by atoms with E-state index in [1.165, 1.54) is 11.1 Å². The van der Waals surface area contributed by atoms with Gasteiger partial charge in [-0.2, -0.15) is 4.98 Å². The monoisotopic (exact) mass is 515 g/mol. The lowest BCUT2D eigenvalue weighted by molar-refractivity contribution is 0.369. The van der Waals surface area contributed by atoms with Crippen LogP contribution in [-0.2, 0) is 12.8 Å². The van der Waals surface area contributed by atoms with Gasteiger partial charge in [0.2, 0.25) is 5.89 Å². The van der Waals surface area contributed by atoms with Crippen LogP contribution in [0.2, 0.25) is 0 Å². The van der Waals surface area contributed by atoms with E-state index in [4.69, 9.17) is 9.26 Å². The second kappa shape index (κ2) is 13.4. The SMILES string of the molecule is CCNC(=NCCCc1nc(C(C)C)no1)NCCc1cc(C)ccc1OC.I. The normalized spacial score (nSPS) is 11.3. The van der Waals surface area contributed by atoms with Gasteiger partial charge in [0, 0.05) is 32.0 Å². The first-order valence-electron chi connectivity index (χ1n) is 10.0. The number of rotatable bonds is 10. The number of aromatic nitrogens is 2. The summed E-state index contributed by atoms with van der Waals surface area (Å²) in [6.45, 7) is 10.6. The van der Waals surface area contributed by atoms with Crippen molar-refractivity contribution in [1.82, 2.24) is 20.8 Å². The maximum atomic E-state index is 5.45. The number of guanidine groups is 1. The summed E-state index contributed by atoms with van der Waals surface area (Å²) in [5.41, 5.74) is 2.43. The number of halogens is 1. The van der Waals surface area contributed by atoms with Gasteiger partial charge in [-0.05, 0) is 38.3 Å². The number of benzene rings is 1. The van der Waals surface area contributed by atoms with Gasteiger partial charge in [-0.15, -0.1) is 24.0 Å². The van der Waals surface area contributed by atoms with E-state index in [1.807, 2.05) is 6.07 Å². The zero-order chi connectivity index (χ0) is 20.4. The molecule has 0 atom stereocenters. The minimum Gasteiger partial charge on any atom is -0.496 e. The first-order valence-corrected chi connectivity index (χ1v) is 10.0. The quantitative estimate of drug-likeness (QED) is 0.217. The van der Waals surface area contributed by atoms with Crippen LogP contribution >= 0.6 is 24.0 Å². The molecule has 8 heteroatoms. The van der Waals surface area contributed by atoms with E-state index < -0.39 is 0 Å². The molecule has 0 saturated heterocycles. The summed E-state index contributed by atoms with van der Waals surface area (Å²) in [6, 6.07) is 6.25. The molecule has 1 aromatic heterocycles. The molecule has 0 aliphatic carbocycles. The molecule has 29 heavy (non-hydrogen) atoms. The third-order valence-corrected chi connectivity index (χ3v) is 4.29. The fourth-order valence-electron chi connectivity index (χ4n) is 2.79. The van der Waals surface area contributed by atoms with E-state index in [1.54, 1.807) is 7.11 Å². The number of aliphatic imine (C=N–C) groups is 1. The van der Waals surface area contributed by atoms with Gasteiger partial charge in [-0.25, -0.2) is 0 Å². The van der Waals surface area contributed by atoms with Crippen molar-refractivity contribution in [3.05, 3.63) is 41.0 Å². The number of ether oxygens (including phenoxy) is 1. The minimum atomic E-state index is 0. The number of methoxy groups -OCH3 is 1. The van der Waals surface area contributed by atoms with E-state index in [-0.39, 0.29) is 29.9 Å². The molecule has 0 fully saturated rings. The van der Waals surface area contributed by atoms with Crippen LogP contribution in [-0.4, -0.2) is 42.8 Å². The van der Waals surface area contributed by atoms with Crippen LogP contribution in [0, 0.1) is 6.92 Å². The van der Waals surface area contributed by atoms with E-state index in [2.05, 4.69) is 65.6 Å². The Labute approximate surface area is 191 Å². The zero-order valence-electron chi connectivity index (χ0n) is 18.1. The number of nitrogens with one attached hydrogen (secondary N) is 2. The van der Waals surface area contributed by atoms with Crippen LogP contribution < -0.4 is 15.4 Å². The smallest absolute Gasteiger partial charge is 0.226 e. The molecule has 2 N–H and O–H groups in total. The van der Waals surface area contributed by atoms with Gasteiger partial charge in [-0.1, -0.05) is 36.7 Å². The van der Waals surface area contributed by atoms with Crippen LogP contribution in [0.3, 0.4) is 0 Å². The lowest BCUT2D eigenvalue weighted by Gasteiger charge is -2.13. The van der Waals surface area contributed by atoms with Gasteiger partial charge in [0.15, 0.2) is 11.8 Å². The summed E-state index contributed by atoms with van der Waals surface area (Å²) < 4.78 is 10.7. The molecule has 0 radical (unpaired) electrons. The molecule has 7 nitrogen and oxygen atoms in total. The molecule has 0 aliphatic heterocycles. The van der Waals surface area contributed by atoms with Crippen LogP contribution in [0.4, 0.5) is 0 Å². The van der Waals surface area contributed by atoms with Crippen LogP contribution in [0.5, 0.6) is 5.75 Å². The van der Waals surface area contributed by atoms with E-state index in [0.29, 0.717) is 12.4 Å². The second-order valence-corrected chi connectivity index (χ2v) is 7.06. The van der Waals surface area contributed by atoms with Gasteiger partial charge in [0.05, 0.1) is 7.11 Å². The molecule has 0 amide bonds. The van der Waals surface area contributed by atoms with Gasteiger partial charge in [0.1, 0.15) is 5.75 Å². The molecule has 0 saturated carbocycles. The van der Waals surface area contributed by atoms with Gasteiger partial charge in [0.25, 0.3) is 0 Å². The standard InChI is InChI=1S/C21H33N5O2.HI/c1-6-22-21(23-12-7-8-19-25-20(15(2)3)26-28-19)24-13-11-17-14-16(4)9-10-18(17)27-5;/h9-10,14-15H,6-8,11-13H2,1-5H3,(H2,22,23,24);1H. The highest BCUT2D eigenvalue weighted by Gasteiger charge is 2.09. The number of hydrogen-bond acceptors (Lipinski definition) is 5. The average molecular weight is 515 g/mol. The number of nitrogens with zero attached hydrogens (tertiary/aromatic N) is 3. The largest absolute Gasteiger partial charge is 0.496 e. The molecule has 1 aromatic carbocycles. The van der Waals surface area contributed by atoms with Crippen molar-refractivity contribution >= 4 is 29.9 Å². The molecule has 162 valence electrons. The highest BCUT2D eigenvalue weighted by molar-refractivity contribution is 14.0. The summed E-state index contributed by atoms with van der Waals surface area (Å²) in [5, 5.41) is 10.7.